The third-order valence-electron chi connectivity index (χ3n) is 4.04. The third-order valence-corrected chi connectivity index (χ3v) is 5.12. The van der Waals surface area contributed by atoms with E-state index in [0.29, 0.717) is 17.7 Å². The fourth-order valence-electron chi connectivity index (χ4n) is 2.70. The largest absolute Gasteiger partial charge is 0.462 e. The molecule has 0 atom stereocenters. The first-order valence-electron chi connectivity index (χ1n) is 8.68. The molecule has 1 aromatic heterocycles. The summed E-state index contributed by atoms with van der Waals surface area (Å²) in [7, 11) is 0. The summed E-state index contributed by atoms with van der Waals surface area (Å²) in [5, 5.41) is 0. The number of hydrogen-bond acceptors (Lipinski definition) is 5. The Labute approximate surface area is 162 Å². The highest BCUT2D eigenvalue weighted by atomic mass is 32.1. The van der Waals surface area contributed by atoms with Crippen molar-refractivity contribution in [2.75, 3.05) is 6.61 Å². The summed E-state index contributed by atoms with van der Waals surface area (Å²) < 4.78 is 10.6. The van der Waals surface area contributed by atoms with Crippen molar-refractivity contribution in [2.45, 2.75) is 20.5 Å². The van der Waals surface area contributed by atoms with Crippen LogP contribution < -0.4 is 0 Å². The Balaban J connectivity index is 1.82. The minimum absolute atomic E-state index is 0.226. The monoisotopic (exact) mass is 380 g/mol. The molecule has 3 aromatic rings. The lowest BCUT2D eigenvalue weighted by molar-refractivity contribution is 0.0471. The average Bonchev–Trinajstić information content (AvgIpc) is 3.09. The van der Waals surface area contributed by atoms with Gasteiger partial charge in [-0.15, -0.1) is 11.3 Å². The van der Waals surface area contributed by atoms with Crippen LogP contribution in [0.25, 0.3) is 10.4 Å². The van der Waals surface area contributed by atoms with Gasteiger partial charge in [0.15, 0.2) is 0 Å². The molecular weight excluding hydrogens is 360 g/mol. The summed E-state index contributed by atoms with van der Waals surface area (Å²) in [5.41, 5.74) is 2.70. The molecule has 0 saturated carbocycles. The number of hydrogen-bond donors (Lipinski definition) is 0. The highest BCUT2D eigenvalue weighted by Crippen LogP contribution is 2.34. The molecule has 4 nitrogen and oxygen atoms in total. The lowest BCUT2D eigenvalue weighted by Gasteiger charge is -2.06. The first-order chi connectivity index (χ1) is 13.1. The summed E-state index contributed by atoms with van der Waals surface area (Å²) in [6.07, 6.45) is 0. The van der Waals surface area contributed by atoms with E-state index < -0.39 is 0 Å². The molecule has 1 heterocycles. The molecule has 0 amide bonds. The molecule has 3 rings (SSSR count). The molecule has 0 aliphatic heterocycles. The second-order valence-electron chi connectivity index (χ2n) is 5.91. The first kappa shape index (κ1) is 18.9. The van der Waals surface area contributed by atoms with Gasteiger partial charge in [-0.25, -0.2) is 9.59 Å². The zero-order valence-corrected chi connectivity index (χ0v) is 16.0. The van der Waals surface area contributed by atoms with Crippen LogP contribution in [-0.4, -0.2) is 18.5 Å². The van der Waals surface area contributed by atoms with Gasteiger partial charge >= 0.3 is 11.9 Å². The standard InChI is InChI=1S/C22H20O4S/c1-3-25-21(23)18-12-8-7-11-17(18)20-13-19(15(2)27-20)22(24)26-14-16-9-5-4-6-10-16/h4-13H,3,14H2,1-2H3. The van der Waals surface area contributed by atoms with E-state index in [1.807, 2.05) is 49.4 Å². The van der Waals surface area contributed by atoms with Gasteiger partial charge in [0.2, 0.25) is 0 Å². The molecule has 0 aliphatic rings. The predicted octanol–water partition coefficient (Wildman–Crippen LogP) is 5.26. The highest BCUT2D eigenvalue weighted by molar-refractivity contribution is 7.15. The van der Waals surface area contributed by atoms with Gasteiger partial charge in [0.1, 0.15) is 6.61 Å². The Hall–Kier alpha value is -2.92. The molecule has 27 heavy (non-hydrogen) atoms. The summed E-state index contributed by atoms with van der Waals surface area (Å²) in [6, 6.07) is 18.6. The zero-order valence-electron chi connectivity index (χ0n) is 15.2. The van der Waals surface area contributed by atoms with E-state index in [2.05, 4.69) is 0 Å². The first-order valence-corrected chi connectivity index (χ1v) is 9.49. The molecule has 0 bridgehead atoms. The van der Waals surface area contributed by atoms with Gasteiger partial charge in [-0.3, -0.25) is 0 Å². The van der Waals surface area contributed by atoms with Crippen molar-refractivity contribution in [2.24, 2.45) is 0 Å². The second-order valence-corrected chi connectivity index (χ2v) is 7.16. The minimum Gasteiger partial charge on any atom is -0.462 e. The summed E-state index contributed by atoms with van der Waals surface area (Å²) in [4.78, 5) is 26.4. The highest BCUT2D eigenvalue weighted by Gasteiger charge is 2.19. The Kier molecular flexibility index (Phi) is 6.04. The van der Waals surface area contributed by atoms with Gasteiger partial charge in [-0.2, -0.15) is 0 Å². The number of carbonyl (C=O) groups is 2. The van der Waals surface area contributed by atoms with Crippen molar-refractivity contribution in [1.29, 1.82) is 0 Å². The Morgan fingerprint density at radius 2 is 1.56 bits per heavy atom. The summed E-state index contributed by atoms with van der Waals surface area (Å²) in [5.74, 6) is -0.736. The molecule has 0 N–H and O–H groups in total. The molecule has 0 fully saturated rings. The van der Waals surface area contributed by atoms with Gasteiger partial charge in [0, 0.05) is 15.3 Å². The molecule has 0 unspecified atom stereocenters. The second kappa shape index (κ2) is 8.64. The fraction of sp³-hybridized carbons (Fsp3) is 0.182. The average molecular weight is 380 g/mol. The molecule has 0 spiro atoms. The van der Waals surface area contributed by atoms with Gasteiger partial charge in [-0.05, 0) is 31.5 Å². The number of carbonyl (C=O) groups excluding carboxylic acids is 2. The third kappa shape index (κ3) is 4.44. The molecular formula is C22H20O4S. The molecule has 0 radical (unpaired) electrons. The van der Waals surface area contributed by atoms with Gasteiger partial charge in [-0.1, -0.05) is 48.5 Å². The van der Waals surface area contributed by atoms with Gasteiger partial charge in [0.05, 0.1) is 17.7 Å². The predicted molar refractivity (Wildman–Crippen MR) is 106 cm³/mol. The maximum Gasteiger partial charge on any atom is 0.339 e. The molecule has 0 aliphatic carbocycles. The topological polar surface area (TPSA) is 52.6 Å². The maximum atomic E-state index is 12.5. The number of thiophene rings is 1. The molecule has 0 saturated heterocycles. The minimum atomic E-state index is -0.368. The number of ether oxygens (including phenoxy) is 2. The van der Waals surface area contributed by atoms with Crippen LogP contribution in [0.3, 0.4) is 0 Å². The van der Waals surface area contributed by atoms with E-state index in [1.54, 1.807) is 25.1 Å². The van der Waals surface area contributed by atoms with Crippen molar-refractivity contribution >= 4 is 23.3 Å². The van der Waals surface area contributed by atoms with Crippen molar-refractivity contribution in [3.05, 3.63) is 82.2 Å². The van der Waals surface area contributed by atoms with Crippen LogP contribution in [0.1, 0.15) is 38.1 Å². The van der Waals surface area contributed by atoms with Crippen LogP contribution in [0, 0.1) is 6.92 Å². The zero-order chi connectivity index (χ0) is 19.2. The van der Waals surface area contributed by atoms with Crippen LogP contribution >= 0.6 is 11.3 Å². The Bertz CT molecular complexity index is 944. The molecule has 5 heteroatoms. The van der Waals surface area contributed by atoms with Crippen molar-refractivity contribution in [1.82, 2.24) is 0 Å². The Morgan fingerprint density at radius 1 is 0.889 bits per heavy atom. The lowest BCUT2D eigenvalue weighted by Crippen LogP contribution is -2.06. The Morgan fingerprint density at radius 3 is 2.30 bits per heavy atom. The number of benzene rings is 2. The van der Waals surface area contributed by atoms with Crippen molar-refractivity contribution in [3.63, 3.8) is 0 Å². The maximum absolute atomic E-state index is 12.5. The van der Waals surface area contributed by atoms with E-state index >= 15 is 0 Å². The number of esters is 2. The van der Waals surface area contributed by atoms with Crippen molar-refractivity contribution in [3.8, 4) is 10.4 Å². The van der Waals surface area contributed by atoms with Crippen LogP contribution in [0.15, 0.2) is 60.7 Å². The normalized spacial score (nSPS) is 10.4. The fourth-order valence-corrected chi connectivity index (χ4v) is 3.75. The van der Waals surface area contributed by atoms with Crippen molar-refractivity contribution < 1.29 is 19.1 Å². The quantitative estimate of drug-likeness (QED) is 0.548. The van der Waals surface area contributed by atoms with E-state index in [9.17, 15) is 9.59 Å². The van der Waals surface area contributed by atoms with Gasteiger partial charge < -0.3 is 9.47 Å². The van der Waals surface area contributed by atoms with E-state index in [1.165, 1.54) is 11.3 Å². The van der Waals surface area contributed by atoms with E-state index in [-0.39, 0.29) is 18.5 Å². The smallest absolute Gasteiger partial charge is 0.339 e. The summed E-state index contributed by atoms with van der Waals surface area (Å²) >= 11 is 1.46. The lowest BCUT2D eigenvalue weighted by atomic mass is 10.1. The molecule has 2 aromatic carbocycles. The number of aryl methyl sites for hydroxylation is 1. The van der Waals surface area contributed by atoms with Crippen LogP contribution in [0.4, 0.5) is 0 Å². The van der Waals surface area contributed by atoms with Crippen LogP contribution in [0.5, 0.6) is 0 Å². The summed E-state index contributed by atoms with van der Waals surface area (Å²) in [6.45, 7) is 4.19. The van der Waals surface area contributed by atoms with Crippen LogP contribution in [0.2, 0.25) is 0 Å². The molecule has 138 valence electrons. The van der Waals surface area contributed by atoms with E-state index in [0.717, 1.165) is 20.9 Å². The van der Waals surface area contributed by atoms with E-state index in [4.69, 9.17) is 9.47 Å². The van der Waals surface area contributed by atoms with Crippen LogP contribution in [-0.2, 0) is 16.1 Å². The number of rotatable bonds is 6. The SMILES string of the molecule is CCOC(=O)c1ccccc1-c1cc(C(=O)OCc2ccccc2)c(C)s1. The van der Waals surface area contributed by atoms with Gasteiger partial charge in [0.25, 0.3) is 0 Å².